The van der Waals surface area contributed by atoms with Crippen molar-refractivity contribution in [1.29, 1.82) is 0 Å². The second-order valence-electron chi connectivity index (χ2n) is 4.49. The molecule has 3 heteroatoms. The molecule has 0 aromatic heterocycles. The van der Waals surface area contributed by atoms with Crippen molar-refractivity contribution in [3.63, 3.8) is 0 Å². The van der Waals surface area contributed by atoms with E-state index in [4.69, 9.17) is 10.5 Å². The molecule has 0 fully saturated rings. The number of hydrogen-bond donors (Lipinski definition) is 1. The number of aryl methyl sites for hydroxylation is 2. The van der Waals surface area contributed by atoms with Crippen molar-refractivity contribution in [2.45, 2.75) is 25.3 Å². The van der Waals surface area contributed by atoms with Gasteiger partial charge in [-0.3, -0.25) is 0 Å². The van der Waals surface area contributed by atoms with Gasteiger partial charge in [0.2, 0.25) is 0 Å². The van der Waals surface area contributed by atoms with Crippen LogP contribution in [-0.4, -0.2) is 6.26 Å². The summed E-state index contributed by atoms with van der Waals surface area (Å²) < 4.78 is 5.99. The van der Waals surface area contributed by atoms with E-state index in [9.17, 15) is 0 Å². The van der Waals surface area contributed by atoms with Crippen LogP contribution in [0.2, 0.25) is 0 Å². The lowest BCUT2D eigenvalue weighted by Gasteiger charge is -2.13. The highest BCUT2D eigenvalue weighted by atomic mass is 32.2. The Hall–Kier alpha value is -1.45. The first-order valence-corrected chi connectivity index (χ1v) is 7.49. The molecule has 0 heterocycles. The Morgan fingerprint density at radius 1 is 1.11 bits per heavy atom. The molecule has 0 radical (unpaired) electrons. The summed E-state index contributed by atoms with van der Waals surface area (Å²) in [6.07, 6.45) is 2.05. The van der Waals surface area contributed by atoms with Gasteiger partial charge in [-0.05, 0) is 55.5 Å². The minimum Gasteiger partial charge on any atom is -0.457 e. The molecular formula is C16H19NOS. The van der Waals surface area contributed by atoms with E-state index < -0.39 is 0 Å². The molecule has 2 aromatic carbocycles. The van der Waals surface area contributed by atoms with Gasteiger partial charge in [0.15, 0.2) is 0 Å². The van der Waals surface area contributed by atoms with Crippen molar-refractivity contribution in [3.8, 4) is 11.5 Å². The SMILES string of the molecule is CSc1cccc(Oc2ccc(C)c(C)c2)c1CN. The number of nitrogens with two attached hydrogens (primary N) is 1. The quantitative estimate of drug-likeness (QED) is 0.845. The van der Waals surface area contributed by atoms with Crippen molar-refractivity contribution < 1.29 is 4.74 Å². The van der Waals surface area contributed by atoms with E-state index >= 15 is 0 Å². The van der Waals surface area contributed by atoms with E-state index in [0.717, 1.165) is 17.1 Å². The van der Waals surface area contributed by atoms with Crippen LogP contribution in [0.1, 0.15) is 16.7 Å². The summed E-state index contributed by atoms with van der Waals surface area (Å²) in [4.78, 5) is 1.17. The van der Waals surface area contributed by atoms with Crippen LogP contribution in [0, 0.1) is 13.8 Å². The summed E-state index contributed by atoms with van der Waals surface area (Å²) in [5.41, 5.74) is 9.40. The molecule has 0 bridgehead atoms. The molecule has 0 saturated carbocycles. The molecule has 0 aliphatic heterocycles. The van der Waals surface area contributed by atoms with Gasteiger partial charge >= 0.3 is 0 Å². The molecule has 0 aliphatic carbocycles. The third-order valence-electron chi connectivity index (χ3n) is 3.22. The molecule has 0 spiro atoms. The molecule has 2 nitrogen and oxygen atoms in total. The van der Waals surface area contributed by atoms with Crippen molar-refractivity contribution in [2.75, 3.05) is 6.26 Å². The van der Waals surface area contributed by atoms with E-state index in [1.165, 1.54) is 16.0 Å². The minimum absolute atomic E-state index is 0.483. The van der Waals surface area contributed by atoms with Gasteiger partial charge in [0.05, 0.1) is 0 Å². The molecule has 0 amide bonds. The number of hydrogen-bond acceptors (Lipinski definition) is 3. The summed E-state index contributed by atoms with van der Waals surface area (Å²) in [5.74, 6) is 1.70. The Bertz CT molecular complexity index is 581. The highest BCUT2D eigenvalue weighted by Gasteiger charge is 2.08. The van der Waals surface area contributed by atoms with Crippen molar-refractivity contribution in [1.82, 2.24) is 0 Å². The topological polar surface area (TPSA) is 35.2 Å². The third-order valence-corrected chi connectivity index (χ3v) is 4.04. The highest BCUT2D eigenvalue weighted by Crippen LogP contribution is 2.32. The lowest BCUT2D eigenvalue weighted by molar-refractivity contribution is 0.474. The first-order chi connectivity index (χ1) is 9.15. The zero-order chi connectivity index (χ0) is 13.8. The lowest BCUT2D eigenvalue weighted by Crippen LogP contribution is -2.01. The van der Waals surface area contributed by atoms with Gasteiger partial charge in [-0.25, -0.2) is 0 Å². The Balaban J connectivity index is 2.35. The number of thioether (sulfide) groups is 1. The van der Waals surface area contributed by atoms with Gasteiger partial charge in [0.1, 0.15) is 11.5 Å². The Kier molecular flexibility index (Phi) is 4.51. The summed E-state index contributed by atoms with van der Waals surface area (Å²) in [6, 6.07) is 12.2. The van der Waals surface area contributed by atoms with E-state index in [0.29, 0.717) is 6.54 Å². The van der Waals surface area contributed by atoms with E-state index in [1.54, 1.807) is 11.8 Å². The summed E-state index contributed by atoms with van der Waals surface area (Å²) in [6.45, 7) is 4.67. The van der Waals surface area contributed by atoms with Crippen LogP contribution in [-0.2, 0) is 6.54 Å². The molecular weight excluding hydrogens is 254 g/mol. The minimum atomic E-state index is 0.483. The Morgan fingerprint density at radius 2 is 1.89 bits per heavy atom. The van der Waals surface area contributed by atoms with Gasteiger partial charge in [0, 0.05) is 17.0 Å². The maximum Gasteiger partial charge on any atom is 0.133 e. The highest BCUT2D eigenvalue weighted by molar-refractivity contribution is 7.98. The zero-order valence-electron chi connectivity index (χ0n) is 11.6. The lowest BCUT2D eigenvalue weighted by atomic mass is 10.1. The molecule has 100 valence electrons. The fourth-order valence-corrected chi connectivity index (χ4v) is 2.58. The molecule has 0 saturated heterocycles. The predicted octanol–water partition coefficient (Wildman–Crippen LogP) is 4.28. The van der Waals surface area contributed by atoms with Crippen LogP contribution in [0.4, 0.5) is 0 Å². The first-order valence-electron chi connectivity index (χ1n) is 6.26. The van der Waals surface area contributed by atoms with Crippen LogP contribution < -0.4 is 10.5 Å². The molecule has 2 rings (SSSR count). The summed E-state index contributed by atoms with van der Waals surface area (Å²) >= 11 is 1.69. The fraction of sp³-hybridized carbons (Fsp3) is 0.250. The van der Waals surface area contributed by atoms with Crippen LogP contribution in [0.3, 0.4) is 0 Å². The van der Waals surface area contributed by atoms with E-state index in [2.05, 4.69) is 32.0 Å². The number of ether oxygens (including phenoxy) is 1. The molecule has 0 aliphatic rings. The average molecular weight is 273 g/mol. The predicted molar refractivity (Wildman–Crippen MR) is 82.1 cm³/mol. The standard InChI is InChI=1S/C16H19NOS/c1-11-7-8-13(9-12(11)2)18-15-5-4-6-16(19-3)14(15)10-17/h4-9H,10,17H2,1-3H3. The monoisotopic (exact) mass is 273 g/mol. The van der Waals surface area contributed by atoms with Crippen molar-refractivity contribution >= 4 is 11.8 Å². The van der Waals surface area contributed by atoms with Gasteiger partial charge in [0.25, 0.3) is 0 Å². The van der Waals surface area contributed by atoms with Crippen LogP contribution in [0.15, 0.2) is 41.3 Å². The molecule has 0 atom stereocenters. The average Bonchev–Trinajstić information content (AvgIpc) is 2.42. The van der Waals surface area contributed by atoms with Crippen molar-refractivity contribution in [2.24, 2.45) is 5.73 Å². The molecule has 2 N–H and O–H groups in total. The second kappa shape index (κ2) is 6.13. The largest absolute Gasteiger partial charge is 0.457 e. The Labute approximate surface area is 119 Å². The Morgan fingerprint density at radius 3 is 2.53 bits per heavy atom. The summed E-state index contributed by atoms with van der Waals surface area (Å²) in [5, 5.41) is 0. The van der Waals surface area contributed by atoms with Gasteiger partial charge in [-0.15, -0.1) is 11.8 Å². The molecule has 19 heavy (non-hydrogen) atoms. The maximum atomic E-state index is 5.99. The molecule has 0 unspecified atom stereocenters. The number of rotatable bonds is 4. The molecule has 2 aromatic rings. The normalized spacial score (nSPS) is 10.5. The van der Waals surface area contributed by atoms with Gasteiger partial charge < -0.3 is 10.5 Å². The van der Waals surface area contributed by atoms with E-state index in [1.807, 2.05) is 24.5 Å². The number of benzene rings is 2. The second-order valence-corrected chi connectivity index (χ2v) is 5.34. The fourth-order valence-electron chi connectivity index (χ4n) is 1.94. The summed E-state index contributed by atoms with van der Waals surface area (Å²) in [7, 11) is 0. The van der Waals surface area contributed by atoms with Crippen molar-refractivity contribution in [3.05, 3.63) is 53.1 Å². The zero-order valence-corrected chi connectivity index (χ0v) is 12.4. The first kappa shape index (κ1) is 14.0. The van der Waals surface area contributed by atoms with Crippen LogP contribution >= 0.6 is 11.8 Å². The van der Waals surface area contributed by atoms with Gasteiger partial charge in [-0.2, -0.15) is 0 Å². The van der Waals surface area contributed by atoms with Gasteiger partial charge in [-0.1, -0.05) is 12.1 Å². The smallest absolute Gasteiger partial charge is 0.133 e. The van der Waals surface area contributed by atoms with Crippen LogP contribution in [0.5, 0.6) is 11.5 Å². The van der Waals surface area contributed by atoms with E-state index in [-0.39, 0.29) is 0 Å². The third kappa shape index (κ3) is 3.11. The van der Waals surface area contributed by atoms with Crippen LogP contribution in [0.25, 0.3) is 0 Å². The maximum absolute atomic E-state index is 5.99.